The zero-order valence-corrected chi connectivity index (χ0v) is 11.7. The van der Waals surface area contributed by atoms with Gasteiger partial charge in [-0.2, -0.15) is 0 Å². The van der Waals surface area contributed by atoms with E-state index in [0.717, 1.165) is 7.88 Å². The molecule has 1 aliphatic heterocycles. The highest BCUT2D eigenvalue weighted by Crippen LogP contribution is 2.39. The minimum absolute atomic E-state index is 0.380. The van der Waals surface area contributed by atoms with Gasteiger partial charge < -0.3 is 0 Å². The van der Waals surface area contributed by atoms with Crippen LogP contribution in [-0.4, -0.2) is 19.1 Å². The van der Waals surface area contributed by atoms with E-state index >= 15 is 0 Å². The van der Waals surface area contributed by atoms with E-state index in [4.69, 9.17) is 0 Å². The molecular weight excluding hydrogens is 341 g/mol. The van der Waals surface area contributed by atoms with Crippen LogP contribution in [-0.2, 0) is 14.8 Å². The standard InChI is InChI=1S/C10H10INO3S/c1-10(2)9(13)12(16(10,14)15)8-5-3-4-7(11)6-8/h3-6H,1-2H3. The Labute approximate surface area is 108 Å². The topological polar surface area (TPSA) is 54.5 Å². The fourth-order valence-electron chi connectivity index (χ4n) is 1.51. The van der Waals surface area contributed by atoms with Gasteiger partial charge in [-0.05, 0) is 54.6 Å². The molecule has 0 saturated carbocycles. The van der Waals surface area contributed by atoms with Gasteiger partial charge in [0.1, 0.15) is 0 Å². The van der Waals surface area contributed by atoms with Crippen molar-refractivity contribution in [1.29, 1.82) is 0 Å². The van der Waals surface area contributed by atoms with E-state index in [1.165, 1.54) is 13.8 Å². The molecule has 16 heavy (non-hydrogen) atoms. The first-order chi connectivity index (χ1) is 7.28. The highest BCUT2D eigenvalue weighted by Gasteiger charge is 2.60. The third-order valence-electron chi connectivity index (χ3n) is 2.63. The molecule has 1 fully saturated rings. The van der Waals surface area contributed by atoms with Gasteiger partial charge in [-0.15, -0.1) is 0 Å². The molecule has 1 amide bonds. The molecule has 1 aromatic rings. The maximum Gasteiger partial charge on any atom is 0.263 e. The van der Waals surface area contributed by atoms with Gasteiger partial charge in [0.25, 0.3) is 15.9 Å². The largest absolute Gasteiger partial charge is 0.272 e. The van der Waals surface area contributed by atoms with E-state index in [0.29, 0.717) is 5.69 Å². The summed E-state index contributed by atoms with van der Waals surface area (Å²) in [6.07, 6.45) is 0. The molecule has 1 aliphatic rings. The fraction of sp³-hybridized carbons (Fsp3) is 0.300. The molecule has 1 saturated heterocycles. The molecule has 0 radical (unpaired) electrons. The van der Waals surface area contributed by atoms with Crippen molar-refractivity contribution in [2.24, 2.45) is 0 Å². The van der Waals surface area contributed by atoms with Crippen molar-refractivity contribution < 1.29 is 13.2 Å². The Balaban J connectivity index is 2.50. The van der Waals surface area contributed by atoms with Crippen molar-refractivity contribution in [1.82, 2.24) is 0 Å². The zero-order valence-electron chi connectivity index (χ0n) is 8.77. The minimum atomic E-state index is -3.54. The summed E-state index contributed by atoms with van der Waals surface area (Å²) >= 11 is 2.07. The van der Waals surface area contributed by atoms with Crippen molar-refractivity contribution in [2.75, 3.05) is 4.31 Å². The number of carbonyl (C=O) groups excluding carboxylic acids is 1. The predicted octanol–water partition coefficient (Wildman–Crippen LogP) is 1.75. The third-order valence-corrected chi connectivity index (χ3v) is 5.62. The Bertz CT molecular complexity index is 565. The van der Waals surface area contributed by atoms with Gasteiger partial charge in [0.2, 0.25) is 0 Å². The summed E-state index contributed by atoms with van der Waals surface area (Å²) < 4.78 is 24.3. The molecule has 0 N–H and O–H groups in total. The lowest BCUT2D eigenvalue weighted by Crippen LogP contribution is -2.67. The SMILES string of the molecule is CC1(C)C(=O)N(c2cccc(I)c2)S1(=O)=O. The van der Waals surface area contributed by atoms with Crippen LogP contribution < -0.4 is 4.31 Å². The molecule has 0 bridgehead atoms. The molecule has 1 heterocycles. The van der Waals surface area contributed by atoms with Gasteiger partial charge >= 0.3 is 0 Å². The summed E-state index contributed by atoms with van der Waals surface area (Å²) in [7, 11) is -3.54. The van der Waals surface area contributed by atoms with E-state index in [1.807, 2.05) is 6.07 Å². The maximum absolute atomic E-state index is 11.9. The first-order valence-electron chi connectivity index (χ1n) is 4.63. The summed E-state index contributed by atoms with van der Waals surface area (Å²) in [4.78, 5) is 11.8. The zero-order chi connectivity index (χ0) is 12.1. The minimum Gasteiger partial charge on any atom is -0.272 e. The highest BCUT2D eigenvalue weighted by atomic mass is 127. The van der Waals surface area contributed by atoms with Crippen LogP contribution in [0.4, 0.5) is 5.69 Å². The van der Waals surface area contributed by atoms with E-state index in [1.54, 1.807) is 18.2 Å². The van der Waals surface area contributed by atoms with Gasteiger partial charge in [0.15, 0.2) is 4.75 Å². The van der Waals surface area contributed by atoms with Crippen molar-refractivity contribution in [3.63, 3.8) is 0 Å². The van der Waals surface area contributed by atoms with Crippen LogP contribution in [0.15, 0.2) is 24.3 Å². The van der Waals surface area contributed by atoms with Crippen LogP contribution in [0.2, 0.25) is 0 Å². The molecule has 0 atom stereocenters. The van der Waals surface area contributed by atoms with Crippen LogP contribution in [0.25, 0.3) is 0 Å². The summed E-state index contributed by atoms with van der Waals surface area (Å²) in [6, 6.07) is 6.86. The molecule has 0 aromatic heterocycles. The van der Waals surface area contributed by atoms with Crippen molar-refractivity contribution in [3.8, 4) is 0 Å². The monoisotopic (exact) mass is 351 g/mol. The number of carbonyl (C=O) groups is 1. The molecule has 4 nitrogen and oxygen atoms in total. The Hall–Kier alpha value is -0.630. The normalized spacial score (nSPS) is 21.7. The van der Waals surface area contributed by atoms with Crippen LogP contribution in [0, 0.1) is 3.57 Å². The Morgan fingerprint density at radius 1 is 1.31 bits per heavy atom. The van der Waals surface area contributed by atoms with Gasteiger partial charge in [0.05, 0.1) is 5.69 Å². The molecule has 0 aliphatic carbocycles. The first kappa shape index (κ1) is 11.8. The molecule has 0 spiro atoms. The van der Waals surface area contributed by atoms with Gasteiger partial charge in [-0.25, -0.2) is 12.7 Å². The number of sulfonamides is 1. The highest BCUT2D eigenvalue weighted by molar-refractivity contribution is 14.1. The predicted molar refractivity (Wildman–Crippen MR) is 69.6 cm³/mol. The first-order valence-corrected chi connectivity index (χ1v) is 7.15. The molecular formula is C10H10INO3S. The quantitative estimate of drug-likeness (QED) is 0.725. The van der Waals surface area contributed by atoms with Crippen molar-refractivity contribution >= 4 is 44.2 Å². The van der Waals surface area contributed by atoms with Gasteiger partial charge in [-0.1, -0.05) is 6.07 Å². The Morgan fingerprint density at radius 3 is 2.44 bits per heavy atom. The smallest absolute Gasteiger partial charge is 0.263 e. The van der Waals surface area contributed by atoms with E-state index in [2.05, 4.69) is 22.6 Å². The van der Waals surface area contributed by atoms with E-state index < -0.39 is 14.8 Å². The second kappa shape index (κ2) is 3.43. The Morgan fingerprint density at radius 2 is 1.94 bits per heavy atom. The number of anilines is 1. The summed E-state index contributed by atoms with van der Waals surface area (Å²) in [6.45, 7) is 2.85. The molecule has 2 rings (SSSR count). The third kappa shape index (κ3) is 1.39. The number of hydrogen-bond acceptors (Lipinski definition) is 3. The summed E-state index contributed by atoms with van der Waals surface area (Å²) in [5.41, 5.74) is 0.413. The van der Waals surface area contributed by atoms with Gasteiger partial charge in [-0.3, -0.25) is 4.79 Å². The fourth-order valence-corrected chi connectivity index (χ4v) is 3.51. The lowest BCUT2D eigenvalue weighted by atomic mass is 10.1. The van der Waals surface area contributed by atoms with Gasteiger partial charge in [0, 0.05) is 3.57 Å². The van der Waals surface area contributed by atoms with Crippen LogP contribution in [0.1, 0.15) is 13.8 Å². The Kier molecular flexibility index (Phi) is 2.54. The second-order valence-corrected chi connectivity index (χ2v) is 7.65. The number of rotatable bonds is 1. The number of halogens is 1. The van der Waals surface area contributed by atoms with Crippen LogP contribution in [0.3, 0.4) is 0 Å². The van der Waals surface area contributed by atoms with Crippen molar-refractivity contribution in [2.45, 2.75) is 18.6 Å². The molecule has 6 heteroatoms. The molecule has 1 aromatic carbocycles. The maximum atomic E-state index is 11.9. The lowest BCUT2D eigenvalue weighted by molar-refractivity contribution is -0.120. The number of nitrogens with zero attached hydrogens (tertiary/aromatic N) is 1. The molecule has 86 valence electrons. The average molecular weight is 351 g/mol. The average Bonchev–Trinajstić information content (AvgIpc) is 2.17. The lowest BCUT2D eigenvalue weighted by Gasteiger charge is -2.42. The second-order valence-electron chi connectivity index (χ2n) is 4.06. The number of hydrogen-bond donors (Lipinski definition) is 0. The molecule has 0 unspecified atom stereocenters. The number of amides is 1. The van der Waals surface area contributed by atoms with Crippen molar-refractivity contribution in [3.05, 3.63) is 27.8 Å². The summed E-state index contributed by atoms with van der Waals surface area (Å²) in [5, 5.41) is 0. The van der Waals surface area contributed by atoms with Crippen LogP contribution >= 0.6 is 22.6 Å². The van der Waals surface area contributed by atoms with Crippen LogP contribution in [0.5, 0.6) is 0 Å². The summed E-state index contributed by atoms with van der Waals surface area (Å²) in [5.74, 6) is -0.380. The van der Waals surface area contributed by atoms with E-state index in [-0.39, 0.29) is 5.91 Å². The van der Waals surface area contributed by atoms with E-state index in [9.17, 15) is 13.2 Å². The number of benzene rings is 1.